The normalized spacial score (nSPS) is 19.0. The number of rotatable bonds is 7. The molecule has 1 aliphatic heterocycles. The van der Waals surface area contributed by atoms with Crippen molar-refractivity contribution in [3.63, 3.8) is 0 Å². The maximum absolute atomic E-state index is 11.9. The molecule has 0 radical (unpaired) electrons. The molecular weight excluding hydrogens is 454 g/mol. The Balaban J connectivity index is 1.57. The number of thioether (sulfide) groups is 1. The van der Waals surface area contributed by atoms with Gasteiger partial charge in [0.15, 0.2) is 0 Å². The van der Waals surface area contributed by atoms with Crippen LogP contribution in [-0.4, -0.2) is 56.1 Å². The number of halogens is 1. The van der Waals surface area contributed by atoms with Crippen molar-refractivity contribution in [3.8, 4) is 5.75 Å². The number of nitrogens with zero attached hydrogens (tertiary/aromatic N) is 4. The van der Waals surface area contributed by atoms with Crippen LogP contribution in [0.15, 0.2) is 18.2 Å². The summed E-state index contributed by atoms with van der Waals surface area (Å²) in [5.41, 5.74) is 0.604. The van der Waals surface area contributed by atoms with Gasteiger partial charge in [0.05, 0.1) is 5.02 Å². The molecule has 1 atom stereocenters. The number of phenolic OH excluding ortho intramolecular Hbond substituents is 1. The molecule has 12 heteroatoms. The Bertz CT molecular complexity index is 1020. The average Bonchev–Trinajstić information content (AvgIpc) is 3.11. The highest BCUT2D eigenvalue weighted by atomic mass is 35.5. The predicted octanol–water partition coefficient (Wildman–Crippen LogP) is 3.51. The van der Waals surface area contributed by atoms with E-state index in [9.17, 15) is 14.7 Å². The molecule has 4 rings (SSSR count). The number of benzene rings is 1. The van der Waals surface area contributed by atoms with E-state index < -0.39 is 5.25 Å². The van der Waals surface area contributed by atoms with E-state index in [2.05, 4.69) is 35.8 Å². The van der Waals surface area contributed by atoms with Gasteiger partial charge in [-0.1, -0.05) is 30.9 Å². The third kappa shape index (κ3) is 5.33. The molecule has 10 nitrogen and oxygen atoms in total. The quantitative estimate of drug-likeness (QED) is 0.439. The molecule has 0 bridgehead atoms. The van der Waals surface area contributed by atoms with E-state index in [1.165, 1.54) is 25.3 Å². The number of aromatic nitrogens is 3. The molecule has 32 heavy (non-hydrogen) atoms. The minimum absolute atomic E-state index is 0.0187. The van der Waals surface area contributed by atoms with Crippen molar-refractivity contribution in [3.05, 3.63) is 23.2 Å². The van der Waals surface area contributed by atoms with Gasteiger partial charge < -0.3 is 20.6 Å². The van der Waals surface area contributed by atoms with Crippen LogP contribution in [0.25, 0.3) is 0 Å². The number of phenols is 1. The third-order valence-electron chi connectivity index (χ3n) is 5.48. The van der Waals surface area contributed by atoms with Crippen LogP contribution in [0.1, 0.15) is 32.1 Å². The summed E-state index contributed by atoms with van der Waals surface area (Å²) in [7, 11) is 1.97. The standard InChI is InChI=1S/C20H24ClN7O3S/c1-28(12-5-3-2-4-6-12)19-26-17(22-10-15-16(30)24-20(31)32-15)25-18(27-19)23-11-7-8-14(29)13(21)9-11/h7-9,12,15,29H,2-6,10H2,1H3,(H,24,30,31)(H2,22,23,25,26,27). The fraction of sp³-hybridized carbons (Fsp3) is 0.450. The van der Waals surface area contributed by atoms with E-state index in [4.69, 9.17) is 11.6 Å². The Kier molecular flexibility index (Phi) is 6.85. The van der Waals surface area contributed by atoms with Crippen molar-refractivity contribution in [1.82, 2.24) is 20.3 Å². The maximum atomic E-state index is 11.9. The Morgan fingerprint density at radius 2 is 1.94 bits per heavy atom. The van der Waals surface area contributed by atoms with Crippen molar-refractivity contribution >= 4 is 58.0 Å². The maximum Gasteiger partial charge on any atom is 0.286 e. The Morgan fingerprint density at radius 1 is 1.19 bits per heavy atom. The molecule has 0 spiro atoms. The highest BCUT2D eigenvalue weighted by Crippen LogP contribution is 2.29. The zero-order valence-electron chi connectivity index (χ0n) is 17.5. The Labute approximate surface area is 194 Å². The average molecular weight is 478 g/mol. The summed E-state index contributed by atoms with van der Waals surface area (Å²) in [5.74, 6) is 0.730. The van der Waals surface area contributed by atoms with Gasteiger partial charge in [-0.2, -0.15) is 15.0 Å². The van der Waals surface area contributed by atoms with Gasteiger partial charge in [0.1, 0.15) is 11.0 Å². The van der Waals surface area contributed by atoms with E-state index in [-0.39, 0.29) is 34.4 Å². The van der Waals surface area contributed by atoms with Crippen molar-refractivity contribution < 1.29 is 14.7 Å². The second kappa shape index (κ2) is 9.78. The SMILES string of the molecule is CN(c1nc(NCC2SC(=O)NC2=O)nc(Nc2ccc(O)c(Cl)c2)n1)C1CCCCC1. The van der Waals surface area contributed by atoms with E-state index in [0.717, 1.165) is 24.6 Å². The molecule has 1 saturated carbocycles. The molecule has 1 aliphatic carbocycles. The highest BCUT2D eigenvalue weighted by molar-refractivity contribution is 8.15. The lowest BCUT2D eigenvalue weighted by molar-refractivity contribution is -0.118. The highest BCUT2D eigenvalue weighted by Gasteiger charge is 2.31. The Hall–Kier alpha value is -2.79. The number of imide groups is 1. The third-order valence-corrected chi connectivity index (χ3v) is 6.76. The monoisotopic (exact) mass is 477 g/mol. The second-order valence-corrected chi connectivity index (χ2v) is 9.32. The second-order valence-electron chi connectivity index (χ2n) is 7.74. The smallest absolute Gasteiger partial charge is 0.286 e. The Morgan fingerprint density at radius 3 is 2.62 bits per heavy atom. The van der Waals surface area contributed by atoms with Gasteiger partial charge >= 0.3 is 0 Å². The largest absolute Gasteiger partial charge is 0.506 e. The number of anilines is 4. The van der Waals surface area contributed by atoms with Crippen LogP contribution in [0.3, 0.4) is 0 Å². The summed E-state index contributed by atoms with van der Waals surface area (Å²) in [6.07, 6.45) is 5.72. The fourth-order valence-electron chi connectivity index (χ4n) is 3.71. The molecule has 1 aromatic carbocycles. The van der Waals surface area contributed by atoms with E-state index in [0.29, 0.717) is 23.6 Å². The van der Waals surface area contributed by atoms with Gasteiger partial charge in [0, 0.05) is 25.3 Å². The number of carbonyl (C=O) groups excluding carboxylic acids is 2. The number of hydrogen-bond acceptors (Lipinski definition) is 10. The first-order chi connectivity index (χ1) is 15.4. The first kappa shape index (κ1) is 22.4. The molecule has 1 unspecified atom stereocenters. The topological polar surface area (TPSA) is 132 Å². The number of hydrogen-bond donors (Lipinski definition) is 4. The summed E-state index contributed by atoms with van der Waals surface area (Å²) in [4.78, 5) is 38.9. The number of aromatic hydroxyl groups is 1. The van der Waals surface area contributed by atoms with Gasteiger partial charge in [-0.15, -0.1) is 0 Å². The van der Waals surface area contributed by atoms with Gasteiger partial charge in [-0.25, -0.2) is 0 Å². The van der Waals surface area contributed by atoms with E-state index >= 15 is 0 Å². The molecule has 2 heterocycles. The molecule has 2 amide bonds. The van der Waals surface area contributed by atoms with Crippen LogP contribution >= 0.6 is 23.4 Å². The first-order valence-electron chi connectivity index (χ1n) is 10.4. The first-order valence-corrected chi connectivity index (χ1v) is 11.6. The summed E-state index contributed by atoms with van der Waals surface area (Å²) in [6.45, 7) is 0.198. The summed E-state index contributed by atoms with van der Waals surface area (Å²) in [6, 6.07) is 5.05. The van der Waals surface area contributed by atoms with Crippen LogP contribution in [0.5, 0.6) is 5.75 Å². The van der Waals surface area contributed by atoms with Crippen LogP contribution in [0.4, 0.5) is 28.3 Å². The lowest BCUT2D eigenvalue weighted by Crippen LogP contribution is -2.35. The minimum Gasteiger partial charge on any atom is -0.506 e. The molecule has 2 aromatic rings. The molecule has 1 aromatic heterocycles. The van der Waals surface area contributed by atoms with Crippen molar-refractivity contribution in [1.29, 1.82) is 0 Å². The molecule has 1 saturated heterocycles. The number of nitrogens with one attached hydrogen (secondary N) is 3. The van der Waals surface area contributed by atoms with Gasteiger partial charge in [0.2, 0.25) is 23.8 Å². The van der Waals surface area contributed by atoms with Crippen molar-refractivity contribution in [2.75, 3.05) is 29.1 Å². The molecular formula is C20H24ClN7O3S. The van der Waals surface area contributed by atoms with Gasteiger partial charge in [-0.05, 0) is 42.8 Å². The molecule has 4 N–H and O–H groups in total. The van der Waals surface area contributed by atoms with Gasteiger partial charge in [-0.3, -0.25) is 14.9 Å². The summed E-state index contributed by atoms with van der Waals surface area (Å²) < 4.78 is 0. The lowest BCUT2D eigenvalue weighted by atomic mass is 9.95. The summed E-state index contributed by atoms with van der Waals surface area (Å²) in [5, 5.41) is 17.4. The van der Waals surface area contributed by atoms with Crippen LogP contribution < -0.4 is 20.9 Å². The van der Waals surface area contributed by atoms with Crippen molar-refractivity contribution in [2.45, 2.75) is 43.4 Å². The minimum atomic E-state index is -0.550. The number of carbonyl (C=O) groups is 2. The molecule has 2 aliphatic rings. The van der Waals surface area contributed by atoms with Gasteiger partial charge in [0.25, 0.3) is 5.24 Å². The zero-order chi connectivity index (χ0) is 22.7. The van der Waals surface area contributed by atoms with E-state index in [1.807, 2.05) is 7.05 Å². The zero-order valence-corrected chi connectivity index (χ0v) is 19.0. The van der Waals surface area contributed by atoms with Crippen LogP contribution in [0.2, 0.25) is 5.02 Å². The van der Waals surface area contributed by atoms with Crippen LogP contribution in [0, 0.1) is 0 Å². The van der Waals surface area contributed by atoms with Crippen molar-refractivity contribution in [2.24, 2.45) is 0 Å². The predicted molar refractivity (Wildman–Crippen MR) is 125 cm³/mol. The van der Waals surface area contributed by atoms with Crippen LogP contribution in [-0.2, 0) is 4.79 Å². The number of amides is 2. The fourth-order valence-corrected chi connectivity index (χ4v) is 4.65. The molecule has 170 valence electrons. The lowest BCUT2D eigenvalue weighted by Gasteiger charge is -2.31. The summed E-state index contributed by atoms with van der Waals surface area (Å²) >= 11 is 6.95. The molecule has 2 fully saturated rings. The van der Waals surface area contributed by atoms with E-state index in [1.54, 1.807) is 12.1 Å².